The van der Waals surface area contributed by atoms with Crippen molar-refractivity contribution >= 4 is 12.4 Å². The van der Waals surface area contributed by atoms with Crippen molar-refractivity contribution in [2.24, 2.45) is 5.73 Å². The summed E-state index contributed by atoms with van der Waals surface area (Å²) in [7, 11) is 0. The fourth-order valence-corrected chi connectivity index (χ4v) is 1.69. The summed E-state index contributed by atoms with van der Waals surface area (Å²) >= 11 is 0. The molecule has 1 atom stereocenters. The molecule has 0 aliphatic carbocycles. The summed E-state index contributed by atoms with van der Waals surface area (Å²) in [4.78, 5) is 0. The number of hydrogen-bond donors (Lipinski definition) is 1. The first kappa shape index (κ1) is 15.3. The van der Waals surface area contributed by atoms with E-state index in [4.69, 9.17) is 10.5 Å². The summed E-state index contributed by atoms with van der Waals surface area (Å²) in [6, 6.07) is 17.7. The summed E-state index contributed by atoms with van der Waals surface area (Å²) in [5, 5.41) is 0. The molecule has 0 bridgehead atoms. The van der Waals surface area contributed by atoms with Gasteiger partial charge in [-0.2, -0.15) is 0 Å². The van der Waals surface area contributed by atoms with Crippen LogP contribution in [0.5, 0.6) is 5.75 Å². The Balaban J connectivity index is 0.00000180. The first-order valence-electron chi connectivity index (χ1n) is 5.94. The molecule has 100 valence electrons. The number of benzene rings is 2. The van der Waals surface area contributed by atoms with Crippen LogP contribution in [0.3, 0.4) is 0 Å². The lowest BCUT2D eigenvalue weighted by atomic mass is 10.1. The second kappa shape index (κ2) is 7.62. The minimum atomic E-state index is -0.148. The second-order valence-corrected chi connectivity index (χ2v) is 4.11. The van der Waals surface area contributed by atoms with Crippen molar-refractivity contribution in [3.05, 3.63) is 78.4 Å². The maximum Gasteiger partial charge on any atom is 0.120 e. The third-order valence-corrected chi connectivity index (χ3v) is 2.75. The molecule has 0 spiro atoms. The Morgan fingerprint density at radius 1 is 1.11 bits per heavy atom. The van der Waals surface area contributed by atoms with Crippen LogP contribution in [0.1, 0.15) is 17.2 Å². The van der Waals surface area contributed by atoms with Crippen molar-refractivity contribution in [3.63, 3.8) is 0 Å². The van der Waals surface area contributed by atoms with Crippen LogP contribution in [0.25, 0.3) is 0 Å². The van der Waals surface area contributed by atoms with E-state index in [-0.39, 0.29) is 18.4 Å². The first-order valence-corrected chi connectivity index (χ1v) is 5.94. The Kier molecular flexibility index (Phi) is 6.13. The normalized spacial score (nSPS) is 11.2. The molecule has 0 amide bonds. The average molecular weight is 276 g/mol. The Hall–Kier alpha value is -1.77. The first-order chi connectivity index (χ1) is 8.79. The third-order valence-electron chi connectivity index (χ3n) is 2.75. The molecule has 0 unspecified atom stereocenters. The molecule has 2 aromatic rings. The second-order valence-electron chi connectivity index (χ2n) is 4.11. The lowest BCUT2D eigenvalue weighted by molar-refractivity contribution is 0.306. The Morgan fingerprint density at radius 2 is 1.84 bits per heavy atom. The summed E-state index contributed by atoms with van der Waals surface area (Å²) in [5.41, 5.74) is 8.06. The average Bonchev–Trinajstić information content (AvgIpc) is 2.45. The molecule has 2 N–H and O–H groups in total. The van der Waals surface area contributed by atoms with E-state index in [1.807, 2.05) is 54.6 Å². The lowest BCUT2D eigenvalue weighted by Gasteiger charge is -2.10. The van der Waals surface area contributed by atoms with Gasteiger partial charge in [-0.05, 0) is 23.3 Å². The summed E-state index contributed by atoms with van der Waals surface area (Å²) < 4.78 is 5.74. The van der Waals surface area contributed by atoms with Crippen LogP contribution < -0.4 is 10.5 Å². The van der Waals surface area contributed by atoms with E-state index in [2.05, 4.69) is 6.58 Å². The molecule has 2 nitrogen and oxygen atoms in total. The van der Waals surface area contributed by atoms with Gasteiger partial charge in [-0.1, -0.05) is 48.5 Å². The van der Waals surface area contributed by atoms with Crippen molar-refractivity contribution in [1.82, 2.24) is 0 Å². The highest BCUT2D eigenvalue weighted by Gasteiger charge is 2.02. The van der Waals surface area contributed by atoms with Gasteiger partial charge in [0.25, 0.3) is 0 Å². The maximum atomic E-state index is 5.90. The van der Waals surface area contributed by atoms with Gasteiger partial charge in [-0.3, -0.25) is 0 Å². The van der Waals surface area contributed by atoms with E-state index >= 15 is 0 Å². The van der Waals surface area contributed by atoms with Gasteiger partial charge in [0, 0.05) is 6.04 Å². The van der Waals surface area contributed by atoms with Crippen molar-refractivity contribution in [3.8, 4) is 5.75 Å². The van der Waals surface area contributed by atoms with Crippen LogP contribution in [-0.2, 0) is 6.61 Å². The van der Waals surface area contributed by atoms with E-state index in [1.165, 1.54) is 0 Å². The lowest BCUT2D eigenvalue weighted by Crippen LogP contribution is -2.06. The molecule has 0 saturated carbocycles. The van der Waals surface area contributed by atoms with E-state index in [1.54, 1.807) is 6.08 Å². The Labute approximate surface area is 120 Å². The van der Waals surface area contributed by atoms with E-state index in [0.717, 1.165) is 16.9 Å². The predicted octanol–water partition coefficient (Wildman–Crippen LogP) is 3.87. The standard InChI is InChI=1S/C16H17NO.ClH/c1-2-16(17)14-9-6-10-15(11-14)18-12-13-7-4-3-5-8-13;/h2-11,16H,1,12,17H2;1H/t16-;/m1./s1. The SMILES string of the molecule is C=C[C@@H](N)c1cccc(OCc2ccccc2)c1.Cl. The molecule has 0 saturated heterocycles. The van der Waals surface area contributed by atoms with Gasteiger partial charge in [-0.25, -0.2) is 0 Å². The smallest absolute Gasteiger partial charge is 0.120 e. The molecule has 0 radical (unpaired) electrons. The molecular weight excluding hydrogens is 258 g/mol. The molecule has 0 aliphatic rings. The third kappa shape index (κ3) is 4.43. The Bertz CT molecular complexity index is 513. The molecule has 2 rings (SSSR count). The number of ether oxygens (including phenoxy) is 1. The van der Waals surface area contributed by atoms with E-state index in [9.17, 15) is 0 Å². The van der Waals surface area contributed by atoms with Crippen molar-refractivity contribution in [2.45, 2.75) is 12.6 Å². The highest BCUT2D eigenvalue weighted by atomic mass is 35.5. The largest absolute Gasteiger partial charge is 0.489 e. The van der Waals surface area contributed by atoms with Gasteiger partial charge in [0.05, 0.1) is 0 Å². The number of rotatable bonds is 5. The van der Waals surface area contributed by atoms with E-state index < -0.39 is 0 Å². The topological polar surface area (TPSA) is 35.2 Å². The van der Waals surface area contributed by atoms with Crippen LogP contribution >= 0.6 is 12.4 Å². The zero-order valence-electron chi connectivity index (χ0n) is 10.7. The van der Waals surface area contributed by atoms with Crippen molar-refractivity contribution < 1.29 is 4.74 Å². The van der Waals surface area contributed by atoms with Crippen LogP contribution in [0.4, 0.5) is 0 Å². The number of hydrogen-bond acceptors (Lipinski definition) is 2. The van der Waals surface area contributed by atoms with Gasteiger partial charge < -0.3 is 10.5 Å². The van der Waals surface area contributed by atoms with Crippen LogP contribution in [0, 0.1) is 0 Å². The summed E-state index contributed by atoms with van der Waals surface area (Å²) in [5.74, 6) is 0.827. The minimum absolute atomic E-state index is 0. The molecule has 0 fully saturated rings. The molecule has 0 aromatic heterocycles. The summed E-state index contributed by atoms with van der Waals surface area (Å²) in [6.07, 6.45) is 1.72. The van der Waals surface area contributed by atoms with Crippen LogP contribution in [-0.4, -0.2) is 0 Å². The minimum Gasteiger partial charge on any atom is -0.489 e. The number of nitrogens with two attached hydrogens (primary N) is 1. The fraction of sp³-hybridized carbons (Fsp3) is 0.125. The maximum absolute atomic E-state index is 5.90. The zero-order chi connectivity index (χ0) is 12.8. The van der Waals surface area contributed by atoms with E-state index in [0.29, 0.717) is 6.61 Å². The highest BCUT2D eigenvalue weighted by molar-refractivity contribution is 5.85. The highest BCUT2D eigenvalue weighted by Crippen LogP contribution is 2.19. The number of halogens is 1. The monoisotopic (exact) mass is 275 g/mol. The predicted molar refractivity (Wildman–Crippen MR) is 81.6 cm³/mol. The fourth-order valence-electron chi connectivity index (χ4n) is 1.69. The van der Waals surface area contributed by atoms with Crippen LogP contribution in [0.2, 0.25) is 0 Å². The van der Waals surface area contributed by atoms with Gasteiger partial charge >= 0.3 is 0 Å². The van der Waals surface area contributed by atoms with Crippen LogP contribution in [0.15, 0.2) is 67.3 Å². The molecule has 0 aliphatic heterocycles. The molecule has 3 heteroatoms. The molecule has 2 aromatic carbocycles. The Morgan fingerprint density at radius 3 is 2.53 bits per heavy atom. The van der Waals surface area contributed by atoms with Crippen molar-refractivity contribution in [2.75, 3.05) is 0 Å². The van der Waals surface area contributed by atoms with Gasteiger partial charge in [-0.15, -0.1) is 19.0 Å². The van der Waals surface area contributed by atoms with Gasteiger partial charge in [0.2, 0.25) is 0 Å². The molecular formula is C16H18ClNO. The molecule has 0 heterocycles. The summed E-state index contributed by atoms with van der Waals surface area (Å²) in [6.45, 7) is 4.26. The molecule has 19 heavy (non-hydrogen) atoms. The quantitative estimate of drug-likeness (QED) is 0.841. The zero-order valence-corrected chi connectivity index (χ0v) is 11.5. The van der Waals surface area contributed by atoms with Crippen molar-refractivity contribution in [1.29, 1.82) is 0 Å². The van der Waals surface area contributed by atoms with Gasteiger partial charge in [0.1, 0.15) is 12.4 Å². The van der Waals surface area contributed by atoms with Gasteiger partial charge in [0.15, 0.2) is 0 Å².